The van der Waals surface area contributed by atoms with Crippen LogP contribution in [0.2, 0.25) is 0 Å². The molecule has 0 spiro atoms. The normalized spacial score (nSPS) is 13.1. The van der Waals surface area contributed by atoms with Crippen molar-refractivity contribution in [2.75, 3.05) is 17.7 Å². The lowest BCUT2D eigenvalue weighted by Crippen LogP contribution is -2.27. The van der Waals surface area contributed by atoms with Gasteiger partial charge in [0, 0.05) is 29.6 Å². The molecule has 1 rings (SSSR count). The summed E-state index contributed by atoms with van der Waals surface area (Å²) in [5, 5.41) is 12.0. The second-order valence-corrected chi connectivity index (χ2v) is 4.65. The highest BCUT2D eigenvalue weighted by molar-refractivity contribution is 5.59. The van der Waals surface area contributed by atoms with Crippen LogP contribution in [0.15, 0.2) is 18.2 Å². The quantitative estimate of drug-likeness (QED) is 0.687. The number of nitrogens with two attached hydrogens (primary N) is 1. The molecule has 0 aliphatic heterocycles. The summed E-state index contributed by atoms with van der Waals surface area (Å²) in [6, 6.07) is 4.38. The smallest absolute Gasteiger partial charge is 0.265 e. The largest absolute Gasteiger partial charge is 0.399 e. The van der Waals surface area contributed by atoms with E-state index in [1.165, 1.54) is 6.07 Å². The topological polar surface area (TPSA) is 58.3 Å². The number of hydrogen-bond acceptors (Lipinski definition) is 3. The molecule has 1 atom stereocenters. The van der Waals surface area contributed by atoms with Gasteiger partial charge in [0.25, 0.3) is 6.43 Å². The van der Waals surface area contributed by atoms with Crippen LogP contribution in [-0.4, -0.2) is 17.8 Å². The molecule has 3 nitrogen and oxygen atoms in total. The monoisotopic (exact) mass is 258 g/mol. The van der Waals surface area contributed by atoms with Gasteiger partial charge in [-0.3, -0.25) is 0 Å². The van der Waals surface area contributed by atoms with E-state index >= 15 is 0 Å². The van der Waals surface area contributed by atoms with Gasteiger partial charge in [-0.2, -0.15) is 0 Å². The minimum absolute atomic E-state index is 0.0226. The summed E-state index contributed by atoms with van der Waals surface area (Å²) in [6.07, 6.45) is -2.05. The highest BCUT2D eigenvalue weighted by Crippen LogP contribution is 2.30. The van der Waals surface area contributed by atoms with Crippen molar-refractivity contribution in [2.24, 2.45) is 5.92 Å². The number of aliphatic hydroxyl groups excluding tert-OH is 1. The van der Waals surface area contributed by atoms with E-state index in [4.69, 9.17) is 10.8 Å². The Kier molecular flexibility index (Phi) is 5.34. The second-order valence-electron chi connectivity index (χ2n) is 4.65. The second kappa shape index (κ2) is 6.54. The molecule has 1 unspecified atom stereocenters. The Balaban J connectivity index is 2.94. The molecule has 102 valence electrons. The van der Waals surface area contributed by atoms with E-state index in [0.717, 1.165) is 0 Å². The van der Waals surface area contributed by atoms with Gasteiger partial charge in [0.1, 0.15) is 0 Å². The van der Waals surface area contributed by atoms with E-state index in [9.17, 15) is 8.78 Å². The first-order valence-electron chi connectivity index (χ1n) is 6.00. The third-order valence-electron chi connectivity index (χ3n) is 2.90. The highest BCUT2D eigenvalue weighted by Gasteiger charge is 2.18. The molecule has 0 bridgehead atoms. The standard InChI is InChI=1S/C13H20F2N2O/c1-8(2)11(5-6-18)17-12-4-3-9(16)7-10(12)13(14)15/h3-4,7-8,11,13,17-18H,5-6,16H2,1-2H3. The maximum absolute atomic E-state index is 12.9. The Morgan fingerprint density at radius 1 is 1.33 bits per heavy atom. The Bertz CT molecular complexity index is 383. The molecule has 0 heterocycles. The first kappa shape index (κ1) is 14.7. The van der Waals surface area contributed by atoms with Gasteiger partial charge in [0.15, 0.2) is 0 Å². The Labute approximate surface area is 106 Å². The van der Waals surface area contributed by atoms with Crippen molar-refractivity contribution in [3.05, 3.63) is 23.8 Å². The average Bonchev–Trinajstić information content (AvgIpc) is 2.30. The number of nitrogen functional groups attached to an aromatic ring is 1. The molecule has 0 aliphatic rings. The third kappa shape index (κ3) is 3.84. The van der Waals surface area contributed by atoms with E-state index in [1.54, 1.807) is 12.1 Å². The van der Waals surface area contributed by atoms with Crippen LogP contribution < -0.4 is 11.1 Å². The van der Waals surface area contributed by atoms with E-state index in [0.29, 0.717) is 17.8 Å². The maximum Gasteiger partial charge on any atom is 0.265 e. The van der Waals surface area contributed by atoms with E-state index in [2.05, 4.69) is 5.32 Å². The fourth-order valence-corrected chi connectivity index (χ4v) is 1.80. The van der Waals surface area contributed by atoms with Crippen LogP contribution in [0.25, 0.3) is 0 Å². The summed E-state index contributed by atoms with van der Waals surface area (Å²) in [5.74, 6) is 0.236. The number of halogens is 2. The summed E-state index contributed by atoms with van der Waals surface area (Å²) >= 11 is 0. The zero-order valence-electron chi connectivity index (χ0n) is 10.7. The van der Waals surface area contributed by atoms with Crippen LogP contribution in [0.4, 0.5) is 20.2 Å². The van der Waals surface area contributed by atoms with Gasteiger partial charge in [-0.15, -0.1) is 0 Å². The fraction of sp³-hybridized carbons (Fsp3) is 0.538. The van der Waals surface area contributed by atoms with Gasteiger partial charge in [-0.05, 0) is 30.5 Å². The van der Waals surface area contributed by atoms with Crippen molar-refractivity contribution in [1.29, 1.82) is 0 Å². The van der Waals surface area contributed by atoms with Crippen LogP contribution in [0.1, 0.15) is 32.3 Å². The Morgan fingerprint density at radius 3 is 2.50 bits per heavy atom. The van der Waals surface area contributed by atoms with Gasteiger partial charge < -0.3 is 16.2 Å². The van der Waals surface area contributed by atoms with Crippen LogP contribution in [0.3, 0.4) is 0 Å². The Morgan fingerprint density at radius 2 is 2.00 bits per heavy atom. The third-order valence-corrected chi connectivity index (χ3v) is 2.90. The summed E-state index contributed by atoms with van der Waals surface area (Å²) in [4.78, 5) is 0. The van der Waals surface area contributed by atoms with Crippen LogP contribution in [0.5, 0.6) is 0 Å². The predicted octanol–water partition coefficient (Wildman–Crippen LogP) is 3.03. The van der Waals surface area contributed by atoms with Crippen molar-refractivity contribution >= 4 is 11.4 Å². The number of nitrogens with one attached hydrogen (secondary N) is 1. The van der Waals surface area contributed by atoms with Crippen molar-refractivity contribution in [3.8, 4) is 0 Å². The van der Waals surface area contributed by atoms with Gasteiger partial charge in [0.05, 0.1) is 0 Å². The van der Waals surface area contributed by atoms with Crippen molar-refractivity contribution in [3.63, 3.8) is 0 Å². The predicted molar refractivity (Wildman–Crippen MR) is 69.8 cm³/mol. The molecule has 0 fully saturated rings. The zero-order valence-corrected chi connectivity index (χ0v) is 10.7. The van der Waals surface area contributed by atoms with Gasteiger partial charge in [0.2, 0.25) is 0 Å². The van der Waals surface area contributed by atoms with Gasteiger partial charge >= 0.3 is 0 Å². The van der Waals surface area contributed by atoms with E-state index < -0.39 is 6.43 Å². The molecule has 1 aromatic rings. The molecule has 0 radical (unpaired) electrons. The molecule has 0 amide bonds. The van der Waals surface area contributed by atoms with Crippen LogP contribution >= 0.6 is 0 Å². The molecule has 0 saturated heterocycles. The maximum atomic E-state index is 12.9. The molecule has 0 aromatic heterocycles. The molecule has 1 aromatic carbocycles. The molecule has 0 aliphatic carbocycles. The van der Waals surface area contributed by atoms with E-state index in [-0.39, 0.29) is 24.1 Å². The first-order chi connectivity index (χ1) is 8.45. The molecule has 5 heteroatoms. The molecule has 4 N–H and O–H groups in total. The van der Waals surface area contributed by atoms with Gasteiger partial charge in [-0.1, -0.05) is 13.8 Å². The SMILES string of the molecule is CC(C)C(CCO)Nc1ccc(N)cc1C(F)F. The summed E-state index contributed by atoms with van der Waals surface area (Å²) in [7, 11) is 0. The van der Waals surface area contributed by atoms with E-state index in [1.807, 2.05) is 13.8 Å². The van der Waals surface area contributed by atoms with Crippen LogP contribution in [-0.2, 0) is 0 Å². The minimum atomic E-state index is -2.57. The average molecular weight is 258 g/mol. The summed E-state index contributed by atoms with van der Waals surface area (Å²) < 4.78 is 25.8. The van der Waals surface area contributed by atoms with Crippen molar-refractivity contribution in [2.45, 2.75) is 32.7 Å². The molecular formula is C13H20F2N2O. The lowest BCUT2D eigenvalue weighted by atomic mass is 10.00. The highest BCUT2D eigenvalue weighted by atomic mass is 19.3. The van der Waals surface area contributed by atoms with Crippen molar-refractivity contribution in [1.82, 2.24) is 0 Å². The molecule has 18 heavy (non-hydrogen) atoms. The summed E-state index contributed by atoms with van der Waals surface area (Å²) in [5.41, 5.74) is 6.11. The molecular weight excluding hydrogens is 238 g/mol. The minimum Gasteiger partial charge on any atom is -0.399 e. The number of rotatable bonds is 6. The van der Waals surface area contributed by atoms with Gasteiger partial charge in [-0.25, -0.2) is 8.78 Å². The lowest BCUT2D eigenvalue weighted by molar-refractivity contribution is 0.152. The number of anilines is 2. The first-order valence-corrected chi connectivity index (χ1v) is 6.00. The van der Waals surface area contributed by atoms with Crippen LogP contribution in [0, 0.1) is 5.92 Å². The zero-order chi connectivity index (χ0) is 13.7. The summed E-state index contributed by atoms with van der Waals surface area (Å²) in [6.45, 7) is 3.98. The number of aliphatic hydroxyl groups is 1. The van der Waals surface area contributed by atoms with Crippen molar-refractivity contribution < 1.29 is 13.9 Å². The molecule has 0 saturated carbocycles. The fourth-order valence-electron chi connectivity index (χ4n) is 1.80. The lowest BCUT2D eigenvalue weighted by Gasteiger charge is -2.24. The number of benzene rings is 1. The number of alkyl halides is 2. The number of hydrogen-bond donors (Lipinski definition) is 3. The Hall–Kier alpha value is -1.36.